The van der Waals surface area contributed by atoms with Gasteiger partial charge in [0.15, 0.2) is 6.29 Å². The zero-order valence-corrected chi connectivity index (χ0v) is 8.91. The second kappa shape index (κ2) is 5.94. The van der Waals surface area contributed by atoms with Gasteiger partial charge in [0.25, 0.3) is 0 Å². The predicted molar refractivity (Wildman–Crippen MR) is 54.0 cm³/mol. The Kier molecular flexibility index (Phi) is 4.84. The predicted octanol–water partition coefficient (Wildman–Crippen LogP) is 2.06. The van der Waals surface area contributed by atoms with E-state index in [9.17, 15) is 4.79 Å². The van der Waals surface area contributed by atoms with Crippen LogP contribution in [0.1, 0.15) is 32.1 Å². The van der Waals surface area contributed by atoms with Gasteiger partial charge >= 0.3 is 0 Å². The molecule has 0 bridgehead atoms. The summed E-state index contributed by atoms with van der Waals surface area (Å²) < 4.78 is 10.2. The third-order valence-electron chi connectivity index (χ3n) is 2.73. The molecule has 0 unspecified atom stereocenters. The first-order valence-corrected chi connectivity index (χ1v) is 5.03. The monoisotopic (exact) mass is 198 g/mol. The Bertz CT molecular complexity index is 217. The van der Waals surface area contributed by atoms with Gasteiger partial charge in [-0.3, -0.25) is 4.79 Å². The van der Waals surface area contributed by atoms with Crippen LogP contribution in [0.4, 0.5) is 0 Å². The van der Waals surface area contributed by atoms with Crippen LogP contribution in [0, 0.1) is 0 Å². The van der Waals surface area contributed by atoms with Crippen molar-refractivity contribution >= 4 is 6.29 Å². The summed E-state index contributed by atoms with van der Waals surface area (Å²) in [6, 6.07) is 0. The number of ether oxygens (including phenoxy) is 2. The van der Waals surface area contributed by atoms with Gasteiger partial charge in [-0.05, 0) is 31.3 Å². The minimum absolute atomic E-state index is 0.143. The second-order valence-electron chi connectivity index (χ2n) is 3.54. The van der Waals surface area contributed by atoms with Crippen molar-refractivity contribution in [1.82, 2.24) is 0 Å². The molecule has 1 aliphatic rings. The summed E-state index contributed by atoms with van der Waals surface area (Å²) in [5.41, 5.74) is 2.29. The number of hydrogen-bond donors (Lipinski definition) is 0. The van der Waals surface area contributed by atoms with Gasteiger partial charge in [0.1, 0.15) is 6.29 Å². The van der Waals surface area contributed by atoms with E-state index in [4.69, 9.17) is 9.47 Å². The van der Waals surface area contributed by atoms with Gasteiger partial charge in [-0.2, -0.15) is 0 Å². The molecule has 80 valence electrons. The Morgan fingerprint density at radius 3 is 2.64 bits per heavy atom. The average Bonchev–Trinajstić information content (AvgIpc) is 2.67. The van der Waals surface area contributed by atoms with Gasteiger partial charge in [0.05, 0.1) is 0 Å². The van der Waals surface area contributed by atoms with E-state index in [1.54, 1.807) is 14.2 Å². The van der Waals surface area contributed by atoms with Crippen LogP contribution in [-0.4, -0.2) is 26.8 Å². The van der Waals surface area contributed by atoms with Crippen molar-refractivity contribution in [3.8, 4) is 0 Å². The first-order chi connectivity index (χ1) is 6.81. The molecule has 3 nitrogen and oxygen atoms in total. The molecule has 0 saturated carbocycles. The number of rotatable bonds is 6. The molecule has 0 aromatic rings. The maximum Gasteiger partial charge on any atom is 0.157 e. The molecule has 1 rings (SSSR count). The molecule has 0 N–H and O–H groups in total. The van der Waals surface area contributed by atoms with E-state index in [2.05, 4.69) is 0 Å². The molecule has 0 aliphatic heterocycles. The molecule has 0 amide bonds. The van der Waals surface area contributed by atoms with Gasteiger partial charge in [-0.25, -0.2) is 0 Å². The summed E-state index contributed by atoms with van der Waals surface area (Å²) in [5, 5.41) is 0. The standard InChI is InChI=1S/C11H18O3/c1-13-11(14-2)7-6-9-4-3-5-10(9)8-12/h8,11H,3-7H2,1-2H3. The Morgan fingerprint density at radius 1 is 1.36 bits per heavy atom. The first kappa shape index (κ1) is 11.4. The van der Waals surface area contributed by atoms with Gasteiger partial charge in [0.2, 0.25) is 0 Å². The lowest BCUT2D eigenvalue weighted by Crippen LogP contribution is -2.12. The van der Waals surface area contributed by atoms with Crippen LogP contribution in [0.2, 0.25) is 0 Å². The van der Waals surface area contributed by atoms with Crippen LogP contribution in [-0.2, 0) is 14.3 Å². The minimum atomic E-state index is -0.143. The Morgan fingerprint density at radius 2 is 2.07 bits per heavy atom. The van der Waals surface area contributed by atoms with Crippen molar-refractivity contribution in [2.45, 2.75) is 38.4 Å². The molecule has 0 saturated heterocycles. The van der Waals surface area contributed by atoms with Crippen LogP contribution in [0.5, 0.6) is 0 Å². The van der Waals surface area contributed by atoms with Crippen LogP contribution in [0.25, 0.3) is 0 Å². The van der Waals surface area contributed by atoms with Gasteiger partial charge < -0.3 is 9.47 Å². The number of methoxy groups -OCH3 is 2. The summed E-state index contributed by atoms with van der Waals surface area (Å²) in [6.07, 6.45) is 5.74. The summed E-state index contributed by atoms with van der Waals surface area (Å²) in [4.78, 5) is 10.7. The van der Waals surface area contributed by atoms with E-state index in [1.807, 2.05) is 0 Å². The van der Waals surface area contributed by atoms with Crippen molar-refractivity contribution in [1.29, 1.82) is 0 Å². The van der Waals surface area contributed by atoms with Crippen molar-refractivity contribution in [2.75, 3.05) is 14.2 Å². The van der Waals surface area contributed by atoms with E-state index in [0.29, 0.717) is 0 Å². The topological polar surface area (TPSA) is 35.5 Å². The molecule has 0 spiro atoms. The normalized spacial score (nSPS) is 16.8. The summed E-state index contributed by atoms with van der Waals surface area (Å²) in [7, 11) is 3.27. The molecule has 3 heteroatoms. The molecule has 14 heavy (non-hydrogen) atoms. The lowest BCUT2D eigenvalue weighted by molar-refractivity contribution is -0.106. The largest absolute Gasteiger partial charge is 0.356 e. The smallest absolute Gasteiger partial charge is 0.157 e. The molecular formula is C11H18O3. The fourth-order valence-corrected chi connectivity index (χ4v) is 1.88. The zero-order chi connectivity index (χ0) is 10.4. The highest BCUT2D eigenvalue weighted by molar-refractivity contribution is 5.75. The lowest BCUT2D eigenvalue weighted by atomic mass is 10.1. The lowest BCUT2D eigenvalue weighted by Gasteiger charge is -2.13. The Balaban J connectivity index is 2.40. The van der Waals surface area contributed by atoms with Crippen LogP contribution >= 0.6 is 0 Å². The fourth-order valence-electron chi connectivity index (χ4n) is 1.88. The third-order valence-corrected chi connectivity index (χ3v) is 2.73. The van der Waals surface area contributed by atoms with Gasteiger partial charge in [-0.1, -0.05) is 5.57 Å². The first-order valence-electron chi connectivity index (χ1n) is 5.03. The minimum Gasteiger partial charge on any atom is -0.356 e. The third kappa shape index (κ3) is 2.93. The quantitative estimate of drug-likeness (QED) is 0.484. The zero-order valence-electron chi connectivity index (χ0n) is 8.91. The van der Waals surface area contributed by atoms with Crippen LogP contribution < -0.4 is 0 Å². The summed E-state index contributed by atoms with van der Waals surface area (Å²) in [5.74, 6) is 0. The van der Waals surface area contributed by atoms with E-state index in [0.717, 1.165) is 44.0 Å². The molecule has 0 aromatic heterocycles. The highest BCUT2D eigenvalue weighted by atomic mass is 16.7. The highest BCUT2D eigenvalue weighted by Gasteiger charge is 2.15. The maximum atomic E-state index is 10.7. The highest BCUT2D eigenvalue weighted by Crippen LogP contribution is 2.28. The van der Waals surface area contributed by atoms with E-state index < -0.39 is 0 Å². The van der Waals surface area contributed by atoms with E-state index >= 15 is 0 Å². The molecular weight excluding hydrogens is 180 g/mol. The SMILES string of the molecule is COC(CCC1=C(C=O)CCC1)OC. The van der Waals surface area contributed by atoms with Crippen molar-refractivity contribution < 1.29 is 14.3 Å². The molecule has 0 atom stereocenters. The fraction of sp³-hybridized carbons (Fsp3) is 0.727. The van der Waals surface area contributed by atoms with Crippen LogP contribution in [0.15, 0.2) is 11.1 Å². The number of hydrogen-bond acceptors (Lipinski definition) is 3. The number of aldehydes is 1. The molecule has 0 aromatic carbocycles. The average molecular weight is 198 g/mol. The number of allylic oxidation sites excluding steroid dienone is 2. The van der Waals surface area contributed by atoms with Gasteiger partial charge in [0, 0.05) is 20.6 Å². The maximum absolute atomic E-state index is 10.7. The van der Waals surface area contributed by atoms with E-state index in [1.165, 1.54) is 5.57 Å². The molecule has 0 radical (unpaired) electrons. The Labute approximate surface area is 85.1 Å². The summed E-state index contributed by atoms with van der Waals surface area (Å²) >= 11 is 0. The Hall–Kier alpha value is -0.670. The number of carbonyl (C=O) groups is 1. The molecule has 0 heterocycles. The number of carbonyl (C=O) groups excluding carboxylic acids is 1. The second-order valence-corrected chi connectivity index (χ2v) is 3.54. The van der Waals surface area contributed by atoms with Crippen molar-refractivity contribution in [2.24, 2.45) is 0 Å². The van der Waals surface area contributed by atoms with Crippen molar-refractivity contribution in [3.63, 3.8) is 0 Å². The van der Waals surface area contributed by atoms with Gasteiger partial charge in [-0.15, -0.1) is 0 Å². The van der Waals surface area contributed by atoms with Crippen molar-refractivity contribution in [3.05, 3.63) is 11.1 Å². The summed E-state index contributed by atoms with van der Waals surface area (Å²) in [6.45, 7) is 0. The molecule has 0 fully saturated rings. The molecule has 1 aliphatic carbocycles. The van der Waals surface area contributed by atoms with Crippen LogP contribution in [0.3, 0.4) is 0 Å². The van der Waals surface area contributed by atoms with E-state index in [-0.39, 0.29) is 6.29 Å².